The van der Waals surface area contributed by atoms with Crippen LogP contribution in [0.4, 0.5) is 10.5 Å². The Morgan fingerprint density at radius 1 is 1.15 bits per heavy atom. The summed E-state index contributed by atoms with van der Waals surface area (Å²) in [5.74, 6) is 1.35. The van der Waals surface area contributed by atoms with E-state index in [0.717, 1.165) is 55.4 Å². The van der Waals surface area contributed by atoms with Crippen molar-refractivity contribution < 1.29 is 9.53 Å². The fraction of sp³-hybridized carbons (Fsp3) is 0.407. The Morgan fingerprint density at radius 3 is 2.59 bits per heavy atom. The van der Waals surface area contributed by atoms with Crippen LogP contribution in [0.2, 0.25) is 0 Å². The van der Waals surface area contributed by atoms with Crippen molar-refractivity contribution in [3.63, 3.8) is 0 Å². The average Bonchev–Trinajstić information content (AvgIpc) is 3.63. The van der Waals surface area contributed by atoms with Crippen molar-refractivity contribution in [2.75, 3.05) is 32.1 Å². The number of anilines is 1. The van der Waals surface area contributed by atoms with Gasteiger partial charge in [0, 0.05) is 37.3 Å². The number of aromatic nitrogens is 2. The molecule has 2 heterocycles. The van der Waals surface area contributed by atoms with E-state index in [2.05, 4.69) is 34.0 Å². The number of carbonyl (C=O) groups excluding carboxylic acids is 1. The van der Waals surface area contributed by atoms with Crippen molar-refractivity contribution in [2.45, 2.75) is 39.3 Å². The van der Waals surface area contributed by atoms with E-state index >= 15 is 0 Å². The summed E-state index contributed by atoms with van der Waals surface area (Å²) in [5.41, 5.74) is 5.39. The Labute approximate surface area is 201 Å². The van der Waals surface area contributed by atoms with Crippen LogP contribution in [0.5, 0.6) is 5.75 Å². The van der Waals surface area contributed by atoms with Gasteiger partial charge < -0.3 is 15.0 Å². The maximum Gasteiger partial charge on any atom is 0.322 e. The molecular weight excluding hydrogens is 426 g/mol. The molecule has 1 aliphatic heterocycles. The predicted molar refractivity (Wildman–Crippen MR) is 133 cm³/mol. The van der Waals surface area contributed by atoms with Crippen molar-refractivity contribution in [3.8, 4) is 11.4 Å². The van der Waals surface area contributed by atoms with Gasteiger partial charge in [-0.2, -0.15) is 5.10 Å². The lowest BCUT2D eigenvalue weighted by atomic mass is 10.0. The maximum absolute atomic E-state index is 13.3. The van der Waals surface area contributed by atoms with Gasteiger partial charge in [-0.05, 0) is 61.7 Å². The molecule has 0 bridgehead atoms. The highest BCUT2D eigenvalue weighted by Crippen LogP contribution is 2.32. The number of nitrogens with zero attached hydrogens (tertiary/aromatic N) is 4. The molecule has 0 spiro atoms. The second kappa shape index (κ2) is 9.89. The van der Waals surface area contributed by atoms with Gasteiger partial charge in [0.1, 0.15) is 5.75 Å². The maximum atomic E-state index is 13.3. The Hall–Kier alpha value is -3.32. The van der Waals surface area contributed by atoms with E-state index in [-0.39, 0.29) is 6.03 Å². The minimum Gasteiger partial charge on any atom is -0.497 e. The molecule has 1 aromatic heterocycles. The third kappa shape index (κ3) is 4.94. The minimum absolute atomic E-state index is 0.0803. The molecule has 1 aliphatic carbocycles. The van der Waals surface area contributed by atoms with Crippen LogP contribution in [0.25, 0.3) is 5.69 Å². The Morgan fingerprint density at radius 2 is 1.91 bits per heavy atom. The van der Waals surface area contributed by atoms with Crippen LogP contribution in [-0.2, 0) is 19.5 Å². The van der Waals surface area contributed by atoms with E-state index in [4.69, 9.17) is 9.84 Å². The second-order valence-corrected chi connectivity index (χ2v) is 9.22. The lowest BCUT2D eigenvalue weighted by molar-refractivity contribution is 0.205. The van der Waals surface area contributed by atoms with E-state index in [1.54, 1.807) is 7.11 Å². The van der Waals surface area contributed by atoms with Crippen LogP contribution < -0.4 is 10.1 Å². The molecule has 0 saturated heterocycles. The topological polar surface area (TPSA) is 62.6 Å². The van der Waals surface area contributed by atoms with E-state index in [1.165, 1.54) is 24.1 Å². The fourth-order valence-electron chi connectivity index (χ4n) is 4.61. The SMILES string of the molecule is CCN1CCc2c(c(CN(CC3CC3)C(=O)Nc3ccc(OC)cc3)nn2-c2ccccc2)C1. The first-order valence-corrected chi connectivity index (χ1v) is 12.2. The van der Waals surface area contributed by atoms with Gasteiger partial charge in [-0.3, -0.25) is 4.90 Å². The first-order chi connectivity index (χ1) is 16.6. The number of amides is 2. The van der Waals surface area contributed by atoms with E-state index < -0.39 is 0 Å². The summed E-state index contributed by atoms with van der Waals surface area (Å²) in [4.78, 5) is 17.7. The van der Waals surface area contributed by atoms with Crippen LogP contribution in [0.3, 0.4) is 0 Å². The largest absolute Gasteiger partial charge is 0.497 e. The fourth-order valence-corrected chi connectivity index (χ4v) is 4.61. The van der Waals surface area contributed by atoms with Gasteiger partial charge in [0.2, 0.25) is 0 Å². The third-order valence-electron chi connectivity index (χ3n) is 6.81. The van der Waals surface area contributed by atoms with Crippen LogP contribution >= 0.6 is 0 Å². The summed E-state index contributed by atoms with van der Waals surface area (Å²) in [6.45, 7) is 6.40. The highest BCUT2D eigenvalue weighted by atomic mass is 16.5. The third-order valence-corrected chi connectivity index (χ3v) is 6.81. The predicted octanol–water partition coefficient (Wildman–Crippen LogP) is 4.70. The van der Waals surface area contributed by atoms with E-state index in [1.807, 2.05) is 47.4 Å². The highest BCUT2D eigenvalue weighted by molar-refractivity contribution is 5.89. The van der Waals surface area contributed by atoms with Crippen molar-refractivity contribution in [2.24, 2.45) is 5.92 Å². The molecule has 0 unspecified atom stereocenters. The molecule has 5 rings (SSSR count). The smallest absolute Gasteiger partial charge is 0.322 e. The number of benzene rings is 2. The number of nitrogens with one attached hydrogen (secondary N) is 1. The summed E-state index contributed by atoms with van der Waals surface area (Å²) in [6.07, 6.45) is 3.34. The Kier molecular flexibility index (Phi) is 6.54. The number of para-hydroxylation sites is 1. The number of rotatable bonds is 8. The van der Waals surface area contributed by atoms with Crippen molar-refractivity contribution >= 4 is 11.7 Å². The summed E-state index contributed by atoms with van der Waals surface area (Å²) in [5, 5.41) is 8.13. The second-order valence-electron chi connectivity index (χ2n) is 9.22. The molecule has 2 aromatic carbocycles. The number of methoxy groups -OCH3 is 1. The van der Waals surface area contributed by atoms with Gasteiger partial charge in [-0.1, -0.05) is 25.1 Å². The molecule has 7 heteroatoms. The normalized spacial score (nSPS) is 15.6. The molecule has 1 N–H and O–H groups in total. The molecule has 0 radical (unpaired) electrons. The molecule has 2 aliphatic rings. The molecule has 1 saturated carbocycles. The quantitative estimate of drug-likeness (QED) is 0.530. The van der Waals surface area contributed by atoms with E-state index in [9.17, 15) is 4.79 Å². The molecular formula is C27H33N5O2. The zero-order valence-electron chi connectivity index (χ0n) is 20.0. The summed E-state index contributed by atoms with van der Waals surface area (Å²) in [7, 11) is 1.64. The van der Waals surface area contributed by atoms with Crippen LogP contribution in [0.1, 0.15) is 36.7 Å². The standard InChI is InChI=1S/C27H33N5O2/c1-3-30-16-15-26-24(18-30)25(29-32(26)22-7-5-4-6-8-22)19-31(17-20-9-10-20)27(33)28-21-11-13-23(34-2)14-12-21/h4-8,11-14,20H,3,9-10,15-19H2,1-2H3,(H,28,33). The number of carbonyl (C=O) groups is 1. The number of hydrogen-bond acceptors (Lipinski definition) is 4. The minimum atomic E-state index is -0.0803. The molecule has 3 aromatic rings. The highest BCUT2D eigenvalue weighted by Gasteiger charge is 2.30. The number of fused-ring (bicyclic) bond motifs is 1. The van der Waals surface area contributed by atoms with Crippen molar-refractivity contribution in [1.29, 1.82) is 0 Å². The van der Waals surface area contributed by atoms with Crippen LogP contribution in [0, 0.1) is 5.92 Å². The van der Waals surface area contributed by atoms with E-state index in [0.29, 0.717) is 12.5 Å². The number of urea groups is 1. The number of ether oxygens (including phenoxy) is 1. The first-order valence-electron chi connectivity index (χ1n) is 12.2. The first kappa shape index (κ1) is 22.5. The summed E-state index contributed by atoms with van der Waals surface area (Å²) >= 11 is 0. The molecule has 2 amide bonds. The monoisotopic (exact) mass is 459 g/mol. The lowest BCUT2D eigenvalue weighted by Crippen LogP contribution is -2.37. The molecule has 7 nitrogen and oxygen atoms in total. The van der Waals surface area contributed by atoms with Gasteiger partial charge in [0.15, 0.2) is 0 Å². The van der Waals surface area contributed by atoms with Gasteiger partial charge in [-0.25, -0.2) is 9.48 Å². The Bertz CT molecular complexity index is 1120. The van der Waals surface area contributed by atoms with Crippen LogP contribution in [0.15, 0.2) is 54.6 Å². The number of hydrogen-bond donors (Lipinski definition) is 1. The van der Waals surface area contributed by atoms with Crippen molar-refractivity contribution in [1.82, 2.24) is 19.6 Å². The van der Waals surface area contributed by atoms with Crippen molar-refractivity contribution in [3.05, 3.63) is 71.5 Å². The van der Waals surface area contributed by atoms with Crippen LogP contribution in [-0.4, -0.2) is 52.4 Å². The molecule has 34 heavy (non-hydrogen) atoms. The molecule has 1 fully saturated rings. The molecule has 0 atom stereocenters. The Balaban J connectivity index is 1.42. The lowest BCUT2D eigenvalue weighted by Gasteiger charge is -2.27. The average molecular weight is 460 g/mol. The zero-order valence-corrected chi connectivity index (χ0v) is 20.0. The summed E-state index contributed by atoms with van der Waals surface area (Å²) < 4.78 is 7.32. The van der Waals surface area contributed by atoms with Gasteiger partial charge in [-0.15, -0.1) is 0 Å². The molecule has 178 valence electrons. The number of likely N-dealkylation sites (N-methyl/N-ethyl adjacent to an activating group) is 1. The van der Waals surface area contributed by atoms with Gasteiger partial charge in [0.05, 0.1) is 30.7 Å². The summed E-state index contributed by atoms with van der Waals surface area (Å²) in [6, 6.07) is 17.7. The zero-order chi connectivity index (χ0) is 23.5. The van der Waals surface area contributed by atoms with Gasteiger partial charge in [0.25, 0.3) is 0 Å². The van der Waals surface area contributed by atoms with Gasteiger partial charge >= 0.3 is 6.03 Å².